The van der Waals surface area contributed by atoms with Crippen molar-refractivity contribution in [2.24, 2.45) is 10.9 Å². The second kappa shape index (κ2) is 4.12. The first-order chi connectivity index (χ1) is 5.00. The van der Waals surface area contributed by atoms with E-state index < -0.39 is 0 Å². The van der Waals surface area contributed by atoms with E-state index in [-0.39, 0.29) is 0 Å². The second-order valence-corrected chi connectivity index (χ2v) is 3.09. The molecule has 0 fully saturated rings. The minimum atomic E-state index is 0.484. The highest BCUT2D eigenvalue weighted by Crippen LogP contribution is 2.21. The molecule has 0 amide bonds. The van der Waals surface area contributed by atoms with Gasteiger partial charge >= 0.3 is 0 Å². The summed E-state index contributed by atoms with van der Waals surface area (Å²) in [7, 11) is 0. The Bertz CT molecular complexity index is 197. The van der Waals surface area contributed by atoms with Crippen LogP contribution < -0.4 is 0 Å². The molecule has 0 bridgehead atoms. The van der Waals surface area contributed by atoms with E-state index in [0.717, 1.165) is 11.3 Å². The van der Waals surface area contributed by atoms with Crippen LogP contribution in [0.3, 0.4) is 0 Å². The van der Waals surface area contributed by atoms with Crippen LogP contribution in [0.4, 0.5) is 0 Å². The molecule has 11 heavy (non-hydrogen) atoms. The van der Waals surface area contributed by atoms with Gasteiger partial charge in [-0.25, -0.2) is 0 Å². The van der Waals surface area contributed by atoms with E-state index >= 15 is 0 Å². The van der Waals surface area contributed by atoms with Crippen LogP contribution in [0.25, 0.3) is 0 Å². The van der Waals surface area contributed by atoms with Gasteiger partial charge in [0.2, 0.25) is 0 Å². The molecule has 0 aliphatic heterocycles. The van der Waals surface area contributed by atoms with Crippen LogP contribution in [0, 0.1) is 5.92 Å². The molecule has 0 saturated carbocycles. The standard InChI is InChI=1S/C10H17N/c1-7(2)10(8(3)4)9(5)11-6/h8H,1,6H2,2-5H3/b10-9+. The first kappa shape index (κ1) is 10.2. The quantitative estimate of drug-likeness (QED) is 0.434. The molecule has 0 unspecified atom stereocenters. The zero-order valence-corrected chi connectivity index (χ0v) is 7.94. The molecule has 0 aromatic rings. The van der Waals surface area contributed by atoms with Crippen LogP contribution in [0.1, 0.15) is 27.7 Å². The Balaban J connectivity index is 4.87. The van der Waals surface area contributed by atoms with Crippen molar-refractivity contribution in [1.82, 2.24) is 0 Å². The SMILES string of the molecule is C=N/C(C)=C(\C(=C)C)C(C)C. The van der Waals surface area contributed by atoms with E-state index in [0.29, 0.717) is 5.92 Å². The van der Waals surface area contributed by atoms with Gasteiger partial charge in [0, 0.05) is 5.70 Å². The lowest BCUT2D eigenvalue weighted by atomic mass is 9.96. The summed E-state index contributed by atoms with van der Waals surface area (Å²) in [5.74, 6) is 0.484. The molecule has 0 aromatic heterocycles. The van der Waals surface area contributed by atoms with E-state index in [1.807, 2.05) is 13.8 Å². The number of hydrogen-bond donors (Lipinski definition) is 0. The Labute approximate surface area is 69.5 Å². The smallest absolute Gasteiger partial charge is 0.0402 e. The lowest BCUT2D eigenvalue weighted by Crippen LogP contribution is -1.97. The monoisotopic (exact) mass is 151 g/mol. The highest BCUT2D eigenvalue weighted by Gasteiger charge is 2.06. The molecule has 62 valence electrons. The summed E-state index contributed by atoms with van der Waals surface area (Å²) >= 11 is 0. The van der Waals surface area contributed by atoms with Gasteiger partial charge in [0.05, 0.1) is 0 Å². The summed E-state index contributed by atoms with van der Waals surface area (Å²) in [6.07, 6.45) is 0. The van der Waals surface area contributed by atoms with Crippen LogP contribution in [0.15, 0.2) is 28.4 Å². The maximum absolute atomic E-state index is 3.90. The van der Waals surface area contributed by atoms with Gasteiger partial charge in [-0.15, -0.1) is 0 Å². The second-order valence-electron chi connectivity index (χ2n) is 3.09. The highest BCUT2D eigenvalue weighted by atomic mass is 14.7. The molecule has 1 nitrogen and oxygen atoms in total. The fraction of sp³-hybridized carbons (Fsp3) is 0.500. The molecule has 0 spiro atoms. The average Bonchev–Trinajstić information content (AvgIpc) is 1.85. The minimum absolute atomic E-state index is 0.484. The molecule has 0 atom stereocenters. The number of rotatable bonds is 3. The summed E-state index contributed by atoms with van der Waals surface area (Å²) in [5, 5.41) is 0. The lowest BCUT2D eigenvalue weighted by molar-refractivity contribution is 0.764. The Morgan fingerprint density at radius 1 is 1.27 bits per heavy atom. The molecule has 1 heteroatoms. The first-order valence-corrected chi connectivity index (χ1v) is 3.84. The zero-order chi connectivity index (χ0) is 9.02. The van der Waals surface area contributed by atoms with E-state index in [2.05, 4.69) is 32.1 Å². The molecular weight excluding hydrogens is 134 g/mol. The first-order valence-electron chi connectivity index (χ1n) is 3.84. The minimum Gasteiger partial charge on any atom is -0.269 e. The van der Waals surface area contributed by atoms with Gasteiger partial charge in [0.15, 0.2) is 0 Å². The van der Waals surface area contributed by atoms with Gasteiger partial charge in [-0.3, -0.25) is 4.99 Å². The van der Waals surface area contributed by atoms with Gasteiger partial charge in [-0.2, -0.15) is 0 Å². The summed E-state index contributed by atoms with van der Waals surface area (Å²) in [4.78, 5) is 3.90. The number of allylic oxidation sites excluding steroid dienone is 3. The molecule has 0 heterocycles. The Hall–Kier alpha value is -0.850. The summed E-state index contributed by atoms with van der Waals surface area (Å²) < 4.78 is 0. The molecule has 0 saturated heterocycles. The topological polar surface area (TPSA) is 12.4 Å². The third-order valence-electron chi connectivity index (χ3n) is 1.66. The Morgan fingerprint density at radius 2 is 1.73 bits per heavy atom. The van der Waals surface area contributed by atoms with Crippen LogP contribution >= 0.6 is 0 Å². The van der Waals surface area contributed by atoms with Crippen molar-refractivity contribution in [1.29, 1.82) is 0 Å². The van der Waals surface area contributed by atoms with Crippen molar-refractivity contribution < 1.29 is 0 Å². The molecule has 0 aliphatic carbocycles. The van der Waals surface area contributed by atoms with E-state index in [1.165, 1.54) is 5.57 Å². The number of hydrogen-bond acceptors (Lipinski definition) is 1. The maximum Gasteiger partial charge on any atom is 0.0402 e. The van der Waals surface area contributed by atoms with Crippen LogP contribution in [0.2, 0.25) is 0 Å². The lowest BCUT2D eigenvalue weighted by Gasteiger charge is -2.12. The van der Waals surface area contributed by atoms with Crippen molar-refractivity contribution in [3.05, 3.63) is 23.4 Å². The van der Waals surface area contributed by atoms with E-state index in [1.54, 1.807) is 0 Å². The van der Waals surface area contributed by atoms with Crippen molar-refractivity contribution in [3.8, 4) is 0 Å². The molecule has 0 aliphatic rings. The predicted octanol–water partition coefficient (Wildman–Crippen LogP) is 3.19. The predicted molar refractivity (Wildman–Crippen MR) is 51.9 cm³/mol. The number of nitrogens with zero attached hydrogens (tertiary/aromatic N) is 1. The normalized spacial score (nSPS) is 12.8. The zero-order valence-electron chi connectivity index (χ0n) is 7.94. The van der Waals surface area contributed by atoms with Gasteiger partial charge in [0.1, 0.15) is 0 Å². The number of aliphatic imine (C=N–C) groups is 1. The van der Waals surface area contributed by atoms with Gasteiger partial charge in [-0.05, 0) is 32.1 Å². The summed E-state index contributed by atoms with van der Waals surface area (Å²) in [6, 6.07) is 0. The van der Waals surface area contributed by atoms with Gasteiger partial charge in [0.25, 0.3) is 0 Å². The Morgan fingerprint density at radius 3 is 1.82 bits per heavy atom. The van der Waals surface area contributed by atoms with Crippen molar-refractivity contribution >= 4 is 6.72 Å². The maximum atomic E-state index is 3.90. The molecule has 0 radical (unpaired) electrons. The Kier molecular flexibility index (Phi) is 3.80. The largest absolute Gasteiger partial charge is 0.269 e. The molecule has 0 N–H and O–H groups in total. The van der Waals surface area contributed by atoms with Gasteiger partial charge < -0.3 is 0 Å². The summed E-state index contributed by atoms with van der Waals surface area (Å²) in [5.41, 5.74) is 3.30. The van der Waals surface area contributed by atoms with Crippen molar-refractivity contribution in [2.75, 3.05) is 0 Å². The van der Waals surface area contributed by atoms with E-state index in [9.17, 15) is 0 Å². The van der Waals surface area contributed by atoms with E-state index in [4.69, 9.17) is 0 Å². The molecule has 0 rings (SSSR count). The summed E-state index contributed by atoms with van der Waals surface area (Å²) in [6.45, 7) is 15.6. The van der Waals surface area contributed by atoms with Crippen LogP contribution in [-0.2, 0) is 0 Å². The molecule has 0 aromatic carbocycles. The van der Waals surface area contributed by atoms with Crippen LogP contribution in [-0.4, -0.2) is 6.72 Å². The van der Waals surface area contributed by atoms with Crippen molar-refractivity contribution in [3.63, 3.8) is 0 Å². The highest BCUT2D eigenvalue weighted by molar-refractivity contribution is 5.37. The third-order valence-corrected chi connectivity index (χ3v) is 1.66. The fourth-order valence-electron chi connectivity index (χ4n) is 1.30. The average molecular weight is 151 g/mol. The fourth-order valence-corrected chi connectivity index (χ4v) is 1.30. The van der Waals surface area contributed by atoms with Gasteiger partial charge in [-0.1, -0.05) is 26.0 Å². The van der Waals surface area contributed by atoms with Crippen molar-refractivity contribution in [2.45, 2.75) is 27.7 Å². The molecular formula is C10H17N. The van der Waals surface area contributed by atoms with Crippen LogP contribution in [0.5, 0.6) is 0 Å². The third kappa shape index (κ3) is 2.71.